The van der Waals surface area contributed by atoms with Crippen molar-refractivity contribution in [3.63, 3.8) is 0 Å². The van der Waals surface area contributed by atoms with Crippen molar-refractivity contribution in [3.8, 4) is 5.75 Å². The molecule has 1 N–H and O–H groups in total. The van der Waals surface area contributed by atoms with Crippen LogP contribution in [0, 0.1) is 0 Å². The van der Waals surface area contributed by atoms with Gasteiger partial charge in [-0.1, -0.05) is 18.2 Å². The summed E-state index contributed by atoms with van der Waals surface area (Å²) in [4.78, 5) is 13.9. The third-order valence-electron chi connectivity index (χ3n) is 3.18. The quantitative estimate of drug-likeness (QED) is 0.774. The van der Waals surface area contributed by atoms with Gasteiger partial charge >= 0.3 is 0 Å². The van der Waals surface area contributed by atoms with Gasteiger partial charge in [-0.3, -0.25) is 4.79 Å². The largest absolute Gasteiger partial charge is 0.508 e. The first-order valence-electron chi connectivity index (χ1n) is 6.21. The Labute approximate surface area is 115 Å². The second-order valence-corrected chi connectivity index (χ2v) is 4.53. The third-order valence-corrected chi connectivity index (χ3v) is 3.18. The van der Waals surface area contributed by atoms with Crippen LogP contribution >= 0.6 is 0 Å². The molecule has 4 nitrogen and oxygen atoms in total. The second kappa shape index (κ2) is 4.74. The zero-order chi connectivity index (χ0) is 14.1. The maximum atomic E-state index is 12.4. The van der Waals surface area contributed by atoms with Gasteiger partial charge in [0.1, 0.15) is 11.3 Å². The first kappa shape index (κ1) is 12.3. The van der Waals surface area contributed by atoms with Crippen LogP contribution in [0.4, 0.5) is 5.69 Å². The smallest absolute Gasteiger partial charge is 0.293 e. The lowest BCUT2D eigenvalue weighted by Gasteiger charge is -2.15. The van der Waals surface area contributed by atoms with Crippen molar-refractivity contribution in [1.29, 1.82) is 0 Å². The lowest BCUT2D eigenvalue weighted by atomic mass is 10.2. The van der Waals surface area contributed by atoms with Gasteiger partial charge in [-0.05, 0) is 36.4 Å². The van der Waals surface area contributed by atoms with E-state index in [0.29, 0.717) is 17.0 Å². The Morgan fingerprint density at radius 1 is 1.10 bits per heavy atom. The molecule has 3 rings (SSSR count). The van der Waals surface area contributed by atoms with Gasteiger partial charge in [0.05, 0.1) is 0 Å². The van der Waals surface area contributed by atoms with E-state index in [-0.39, 0.29) is 11.7 Å². The zero-order valence-corrected chi connectivity index (χ0v) is 10.9. The van der Waals surface area contributed by atoms with E-state index in [4.69, 9.17) is 4.42 Å². The molecule has 1 heterocycles. The van der Waals surface area contributed by atoms with E-state index >= 15 is 0 Å². The van der Waals surface area contributed by atoms with Crippen LogP contribution in [0.1, 0.15) is 10.6 Å². The van der Waals surface area contributed by atoms with Gasteiger partial charge in [0, 0.05) is 18.1 Å². The maximum Gasteiger partial charge on any atom is 0.293 e. The van der Waals surface area contributed by atoms with E-state index < -0.39 is 0 Å². The predicted molar refractivity (Wildman–Crippen MR) is 77.1 cm³/mol. The molecule has 3 aromatic rings. The molecule has 20 heavy (non-hydrogen) atoms. The number of furan rings is 1. The standard InChI is InChI=1S/C16H13NO3/c1-17(12-6-8-13(18)9-7-12)16(19)15-10-11-4-2-3-5-14(11)20-15/h2-10,18H,1H3. The van der Waals surface area contributed by atoms with E-state index in [1.54, 1.807) is 25.2 Å². The highest BCUT2D eigenvalue weighted by atomic mass is 16.3. The minimum absolute atomic E-state index is 0.165. The summed E-state index contributed by atoms with van der Waals surface area (Å²) in [6.45, 7) is 0. The van der Waals surface area contributed by atoms with Crippen LogP contribution in [-0.4, -0.2) is 18.1 Å². The normalized spacial score (nSPS) is 10.7. The average molecular weight is 267 g/mol. The Balaban J connectivity index is 1.93. The number of hydrogen-bond acceptors (Lipinski definition) is 3. The molecule has 0 saturated heterocycles. The maximum absolute atomic E-state index is 12.4. The molecule has 0 aliphatic carbocycles. The van der Waals surface area contributed by atoms with Gasteiger partial charge in [0.25, 0.3) is 5.91 Å². The predicted octanol–water partition coefficient (Wildman–Crippen LogP) is 3.42. The van der Waals surface area contributed by atoms with Crippen LogP contribution in [0.3, 0.4) is 0 Å². The Morgan fingerprint density at radius 2 is 1.80 bits per heavy atom. The molecule has 1 amide bonds. The Kier molecular flexibility index (Phi) is 2.91. The fourth-order valence-electron chi connectivity index (χ4n) is 2.05. The summed E-state index contributed by atoms with van der Waals surface area (Å²) in [5.41, 5.74) is 1.38. The lowest BCUT2D eigenvalue weighted by molar-refractivity contribution is 0.0968. The van der Waals surface area contributed by atoms with Crippen molar-refractivity contribution in [2.75, 3.05) is 11.9 Å². The topological polar surface area (TPSA) is 53.7 Å². The molecule has 0 spiro atoms. The van der Waals surface area contributed by atoms with Gasteiger partial charge in [0.15, 0.2) is 5.76 Å². The molecule has 1 aromatic heterocycles. The summed E-state index contributed by atoms with van der Waals surface area (Å²) in [5, 5.41) is 10.2. The monoisotopic (exact) mass is 267 g/mol. The molecule has 4 heteroatoms. The Hall–Kier alpha value is -2.75. The van der Waals surface area contributed by atoms with Crippen molar-refractivity contribution in [2.24, 2.45) is 0 Å². The van der Waals surface area contributed by atoms with Gasteiger partial charge in [-0.15, -0.1) is 0 Å². The van der Waals surface area contributed by atoms with Crippen molar-refractivity contribution in [3.05, 3.63) is 60.4 Å². The number of rotatable bonds is 2. The van der Waals surface area contributed by atoms with Gasteiger partial charge in [0.2, 0.25) is 0 Å². The molecule has 0 saturated carbocycles. The van der Waals surface area contributed by atoms with E-state index in [1.165, 1.54) is 17.0 Å². The third kappa shape index (κ3) is 2.12. The molecule has 0 aliphatic heterocycles. The number of nitrogens with zero attached hydrogens (tertiary/aromatic N) is 1. The van der Waals surface area contributed by atoms with Gasteiger partial charge in [-0.25, -0.2) is 0 Å². The van der Waals surface area contributed by atoms with Crippen molar-refractivity contribution in [2.45, 2.75) is 0 Å². The van der Waals surface area contributed by atoms with Crippen molar-refractivity contribution in [1.82, 2.24) is 0 Å². The van der Waals surface area contributed by atoms with Crippen molar-refractivity contribution < 1.29 is 14.3 Å². The molecule has 0 atom stereocenters. The number of phenols is 1. The zero-order valence-electron chi connectivity index (χ0n) is 10.9. The molecular weight excluding hydrogens is 254 g/mol. The van der Waals surface area contributed by atoms with Gasteiger partial charge in [-0.2, -0.15) is 0 Å². The average Bonchev–Trinajstić information content (AvgIpc) is 2.90. The number of hydrogen-bond donors (Lipinski definition) is 1. The minimum atomic E-state index is -0.230. The SMILES string of the molecule is CN(C(=O)c1cc2ccccc2o1)c1ccc(O)cc1. The fraction of sp³-hybridized carbons (Fsp3) is 0.0625. The molecule has 100 valence electrons. The number of anilines is 1. The summed E-state index contributed by atoms with van der Waals surface area (Å²) < 4.78 is 5.56. The molecule has 0 bridgehead atoms. The number of aromatic hydroxyl groups is 1. The summed E-state index contributed by atoms with van der Waals surface area (Å²) in [7, 11) is 1.67. The molecule has 0 aliphatic rings. The number of benzene rings is 2. The second-order valence-electron chi connectivity index (χ2n) is 4.53. The van der Waals surface area contributed by atoms with Crippen LogP contribution < -0.4 is 4.90 Å². The summed E-state index contributed by atoms with van der Waals surface area (Å²) >= 11 is 0. The molecule has 2 aromatic carbocycles. The fourth-order valence-corrected chi connectivity index (χ4v) is 2.05. The van der Waals surface area contributed by atoms with Crippen LogP contribution in [0.5, 0.6) is 5.75 Å². The van der Waals surface area contributed by atoms with Gasteiger partial charge < -0.3 is 14.4 Å². The van der Waals surface area contributed by atoms with E-state index in [9.17, 15) is 9.90 Å². The summed E-state index contributed by atoms with van der Waals surface area (Å²) in [6, 6.07) is 15.7. The molecule has 0 fully saturated rings. The van der Waals surface area contributed by atoms with E-state index in [1.807, 2.05) is 24.3 Å². The van der Waals surface area contributed by atoms with Crippen LogP contribution in [0.15, 0.2) is 59.0 Å². The highest BCUT2D eigenvalue weighted by Gasteiger charge is 2.17. The molecule has 0 unspecified atom stereocenters. The lowest BCUT2D eigenvalue weighted by Crippen LogP contribution is -2.25. The summed E-state index contributed by atoms with van der Waals surface area (Å²) in [6.07, 6.45) is 0. The van der Waals surface area contributed by atoms with E-state index in [0.717, 1.165) is 5.39 Å². The first-order valence-corrected chi connectivity index (χ1v) is 6.21. The van der Waals surface area contributed by atoms with Crippen LogP contribution in [0.25, 0.3) is 11.0 Å². The Morgan fingerprint density at radius 3 is 2.50 bits per heavy atom. The number of phenolic OH excluding ortho intramolecular Hbond substituents is 1. The van der Waals surface area contributed by atoms with Crippen LogP contribution in [-0.2, 0) is 0 Å². The van der Waals surface area contributed by atoms with Crippen LogP contribution in [0.2, 0.25) is 0 Å². The highest BCUT2D eigenvalue weighted by Crippen LogP contribution is 2.23. The van der Waals surface area contributed by atoms with Crippen molar-refractivity contribution >= 4 is 22.6 Å². The summed E-state index contributed by atoms with van der Waals surface area (Å²) in [5.74, 6) is 0.229. The molecular formula is C16H13NO3. The minimum Gasteiger partial charge on any atom is -0.508 e. The molecule has 0 radical (unpaired) electrons. The highest BCUT2D eigenvalue weighted by molar-refractivity contribution is 6.05. The number of para-hydroxylation sites is 1. The first-order chi connectivity index (χ1) is 9.65. The number of carbonyl (C=O) groups excluding carboxylic acids is 1. The number of fused-ring (bicyclic) bond motifs is 1. The number of amides is 1. The van der Waals surface area contributed by atoms with E-state index in [2.05, 4.69) is 0 Å². The Bertz CT molecular complexity index is 726. The number of carbonyl (C=O) groups is 1.